The van der Waals surface area contributed by atoms with Gasteiger partial charge in [-0.25, -0.2) is 4.98 Å². The first-order valence-corrected chi connectivity index (χ1v) is 6.65. The quantitative estimate of drug-likeness (QED) is 0.699. The Morgan fingerprint density at radius 2 is 1.95 bits per heavy atom. The summed E-state index contributed by atoms with van der Waals surface area (Å²) in [5.41, 5.74) is 2.93. The third kappa shape index (κ3) is 2.65. The lowest BCUT2D eigenvalue weighted by molar-refractivity contribution is 0.233. The zero-order valence-electron chi connectivity index (χ0n) is 11.0. The van der Waals surface area contributed by atoms with Crippen molar-refractivity contribution in [1.29, 1.82) is 0 Å². The maximum atomic E-state index is 8.75. The van der Waals surface area contributed by atoms with E-state index in [0.29, 0.717) is 13.0 Å². The Morgan fingerprint density at radius 1 is 1.10 bits per heavy atom. The van der Waals surface area contributed by atoms with Gasteiger partial charge >= 0.3 is 0 Å². The summed E-state index contributed by atoms with van der Waals surface area (Å²) >= 11 is 0. The highest BCUT2D eigenvalue weighted by Crippen LogP contribution is 2.23. The average Bonchev–Trinajstić information content (AvgIpc) is 2.92. The van der Waals surface area contributed by atoms with Gasteiger partial charge in [0.05, 0.1) is 17.6 Å². The summed E-state index contributed by atoms with van der Waals surface area (Å²) in [5, 5.41) is 8.75. The SMILES string of the molecule is OCCCOc1ccc2nc(-c3ccccc3)[nH]c2c1. The van der Waals surface area contributed by atoms with Crippen LogP contribution in [0.15, 0.2) is 48.5 Å². The molecule has 0 fully saturated rings. The lowest BCUT2D eigenvalue weighted by Gasteiger charge is -2.04. The van der Waals surface area contributed by atoms with E-state index in [4.69, 9.17) is 9.84 Å². The second kappa shape index (κ2) is 5.75. The number of aliphatic hydroxyl groups excluding tert-OH is 1. The van der Waals surface area contributed by atoms with Crippen LogP contribution in [0.5, 0.6) is 5.75 Å². The van der Waals surface area contributed by atoms with Crippen LogP contribution in [-0.4, -0.2) is 28.3 Å². The van der Waals surface area contributed by atoms with Crippen LogP contribution in [0.2, 0.25) is 0 Å². The van der Waals surface area contributed by atoms with Crippen molar-refractivity contribution in [3.63, 3.8) is 0 Å². The monoisotopic (exact) mass is 268 g/mol. The van der Waals surface area contributed by atoms with E-state index in [2.05, 4.69) is 9.97 Å². The molecular formula is C16H16N2O2. The zero-order chi connectivity index (χ0) is 13.8. The van der Waals surface area contributed by atoms with Crippen LogP contribution in [0, 0.1) is 0 Å². The normalized spacial score (nSPS) is 10.8. The van der Waals surface area contributed by atoms with Crippen LogP contribution in [0.4, 0.5) is 0 Å². The Kier molecular flexibility index (Phi) is 3.65. The molecule has 3 aromatic rings. The van der Waals surface area contributed by atoms with Crippen LogP contribution in [-0.2, 0) is 0 Å². The Balaban J connectivity index is 1.88. The largest absolute Gasteiger partial charge is 0.493 e. The lowest BCUT2D eigenvalue weighted by atomic mass is 10.2. The highest BCUT2D eigenvalue weighted by molar-refractivity contribution is 5.80. The summed E-state index contributed by atoms with van der Waals surface area (Å²) in [6.07, 6.45) is 0.635. The molecule has 4 heteroatoms. The molecule has 3 rings (SSSR count). The molecule has 2 N–H and O–H groups in total. The number of benzene rings is 2. The average molecular weight is 268 g/mol. The third-order valence-electron chi connectivity index (χ3n) is 3.07. The molecule has 0 atom stereocenters. The smallest absolute Gasteiger partial charge is 0.138 e. The number of aromatic nitrogens is 2. The van der Waals surface area contributed by atoms with Crippen LogP contribution < -0.4 is 4.74 Å². The van der Waals surface area contributed by atoms with Crippen molar-refractivity contribution < 1.29 is 9.84 Å². The molecule has 2 aromatic carbocycles. The Hall–Kier alpha value is -2.33. The molecule has 0 aliphatic carbocycles. The molecule has 1 aromatic heterocycles. The zero-order valence-corrected chi connectivity index (χ0v) is 11.0. The molecule has 20 heavy (non-hydrogen) atoms. The number of hydrogen-bond donors (Lipinski definition) is 2. The van der Waals surface area contributed by atoms with Crippen molar-refractivity contribution in [1.82, 2.24) is 9.97 Å². The number of fused-ring (bicyclic) bond motifs is 1. The van der Waals surface area contributed by atoms with E-state index in [1.807, 2.05) is 48.5 Å². The third-order valence-corrected chi connectivity index (χ3v) is 3.07. The molecule has 0 unspecified atom stereocenters. The predicted molar refractivity (Wildman–Crippen MR) is 78.7 cm³/mol. The summed E-state index contributed by atoms with van der Waals surface area (Å²) in [6, 6.07) is 15.8. The minimum Gasteiger partial charge on any atom is -0.493 e. The Bertz CT molecular complexity index is 692. The topological polar surface area (TPSA) is 58.1 Å². The molecule has 0 saturated heterocycles. The molecule has 0 aliphatic rings. The Labute approximate surface area is 117 Å². The van der Waals surface area contributed by atoms with Gasteiger partial charge in [0, 0.05) is 24.7 Å². The number of nitrogens with zero attached hydrogens (tertiary/aromatic N) is 1. The molecular weight excluding hydrogens is 252 g/mol. The maximum Gasteiger partial charge on any atom is 0.138 e. The van der Waals surface area contributed by atoms with Gasteiger partial charge in [0.2, 0.25) is 0 Å². The molecule has 0 spiro atoms. The minimum atomic E-state index is 0.143. The van der Waals surface area contributed by atoms with E-state index in [1.54, 1.807) is 0 Å². The van der Waals surface area contributed by atoms with E-state index in [-0.39, 0.29) is 6.61 Å². The highest BCUT2D eigenvalue weighted by atomic mass is 16.5. The number of rotatable bonds is 5. The van der Waals surface area contributed by atoms with Crippen molar-refractivity contribution in [3.05, 3.63) is 48.5 Å². The fourth-order valence-electron chi connectivity index (χ4n) is 2.07. The predicted octanol–water partition coefficient (Wildman–Crippen LogP) is 2.99. The van der Waals surface area contributed by atoms with Gasteiger partial charge < -0.3 is 14.8 Å². The molecule has 0 amide bonds. The molecule has 102 valence electrons. The van der Waals surface area contributed by atoms with Crippen LogP contribution in [0.3, 0.4) is 0 Å². The molecule has 0 radical (unpaired) electrons. The number of imidazole rings is 1. The second-order valence-electron chi connectivity index (χ2n) is 4.56. The molecule has 0 aliphatic heterocycles. The van der Waals surface area contributed by atoms with E-state index < -0.39 is 0 Å². The van der Waals surface area contributed by atoms with Gasteiger partial charge in [-0.3, -0.25) is 0 Å². The second-order valence-corrected chi connectivity index (χ2v) is 4.56. The Morgan fingerprint density at radius 3 is 2.75 bits per heavy atom. The van der Waals surface area contributed by atoms with Gasteiger partial charge in [0.25, 0.3) is 0 Å². The number of ether oxygens (including phenoxy) is 1. The van der Waals surface area contributed by atoms with Gasteiger partial charge in [-0.1, -0.05) is 30.3 Å². The van der Waals surface area contributed by atoms with Gasteiger partial charge in [-0.2, -0.15) is 0 Å². The van der Waals surface area contributed by atoms with E-state index in [1.165, 1.54) is 0 Å². The fraction of sp³-hybridized carbons (Fsp3) is 0.188. The number of aromatic amines is 1. The first kappa shape index (κ1) is 12.7. The summed E-state index contributed by atoms with van der Waals surface area (Å²) in [6.45, 7) is 0.659. The summed E-state index contributed by atoms with van der Waals surface area (Å²) in [5.74, 6) is 1.64. The summed E-state index contributed by atoms with van der Waals surface area (Å²) in [4.78, 5) is 7.87. The first-order valence-electron chi connectivity index (χ1n) is 6.65. The number of hydrogen-bond acceptors (Lipinski definition) is 3. The maximum absolute atomic E-state index is 8.75. The van der Waals surface area contributed by atoms with E-state index in [9.17, 15) is 0 Å². The van der Waals surface area contributed by atoms with Crippen LogP contribution >= 0.6 is 0 Å². The van der Waals surface area contributed by atoms with Crippen molar-refractivity contribution in [2.24, 2.45) is 0 Å². The van der Waals surface area contributed by atoms with Gasteiger partial charge in [0.15, 0.2) is 0 Å². The van der Waals surface area contributed by atoms with Gasteiger partial charge in [-0.15, -0.1) is 0 Å². The van der Waals surface area contributed by atoms with E-state index in [0.717, 1.165) is 28.2 Å². The number of aliphatic hydroxyl groups is 1. The van der Waals surface area contributed by atoms with Crippen LogP contribution in [0.25, 0.3) is 22.4 Å². The van der Waals surface area contributed by atoms with Gasteiger partial charge in [0.1, 0.15) is 11.6 Å². The van der Waals surface area contributed by atoms with Crippen molar-refractivity contribution in [2.45, 2.75) is 6.42 Å². The molecule has 0 bridgehead atoms. The molecule has 0 saturated carbocycles. The fourth-order valence-corrected chi connectivity index (χ4v) is 2.07. The first-order chi connectivity index (χ1) is 9.86. The van der Waals surface area contributed by atoms with Crippen molar-refractivity contribution in [2.75, 3.05) is 13.2 Å². The lowest BCUT2D eigenvalue weighted by Crippen LogP contribution is -1.99. The molecule has 1 heterocycles. The standard InChI is InChI=1S/C16H16N2O2/c19-9-4-10-20-13-7-8-14-15(11-13)18-16(17-14)12-5-2-1-3-6-12/h1-3,5-8,11,19H,4,9-10H2,(H,17,18). The number of H-pyrrole nitrogens is 1. The van der Waals surface area contributed by atoms with Crippen molar-refractivity contribution >= 4 is 11.0 Å². The van der Waals surface area contributed by atoms with E-state index >= 15 is 0 Å². The molecule has 4 nitrogen and oxygen atoms in total. The van der Waals surface area contributed by atoms with Gasteiger partial charge in [-0.05, 0) is 12.1 Å². The summed E-state index contributed by atoms with van der Waals surface area (Å²) < 4.78 is 5.56. The summed E-state index contributed by atoms with van der Waals surface area (Å²) in [7, 11) is 0. The van der Waals surface area contributed by atoms with Crippen molar-refractivity contribution in [3.8, 4) is 17.1 Å². The van der Waals surface area contributed by atoms with Crippen LogP contribution in [0.1, 0.15) is 6.42 Å². The number of nitrogens with one attached hydrogen (secondary N) is 1. The minimum absolute atomic E-state index is 0.143. The highest BCUT2D eigenvalue weighted by Gasteiger charge is 2.05.